The van der Waals surface area contributed by atoms with Crippen molar-refractivity contribution in [3.8, 4) is 5.75 Å². The van der Waals surface area contributed by atoms with E-state index in [2.05, 4.69) is 10.6 Å². The van der Waals surface area contributed by atoms with Crippen molar-refractivity contribution in [3.05, 3.63) is 96.1 Å². The van der Waals surface area contributed by atoms with Gasteiger partial charge < -0.3 is 15.4 Å². The number of nitrogens with one attached hydrogen (secondary N) is 2. The average Bonchev–Trinajstić information content (AvgIpc) is 2.75. The van der Waals surface area contributed by atoms with Gasteiger partial charge >= 0.3 is 0 Å². The Morgan fingerprint density at radius 1 is 0.931 bits per heavy atom. The van der Waals surface area contributed by atoms with Crippen LogP contribution in [0.2, 0.25) is 0 Å². The number of para-hydroxylation sites is 2. The second kappa shape index (κ2) is 6.78. The third kappa shape index (κ3) is 2.95. The highest BCUT2D eigenvalue weighted by atomic mass is 16.5. The first-order valence-corrected chi connectivity index (χ1v) is 9.68. The number of anilines is 1. The van der Waals surface area contributed by atoms with Crippen LogP contribution in [0.3, 0.4) is 0 Å². The van der Waals surface area contributed by atoms with Crippen LogP contribution in [0.4, 0.5) is 5.69 Å². The highest BCUT2D eigenvalue weighted by Gasteiger charge is 2.54. The van der Waals surface area contributed by atoms with Crippen molar-refractivity contribution < 1.29 is 14.3 Å². The molecule has 1 unspecified atom stereocenters. The molecule has 5 heteroatoms. The molecule has 144 valence electrons. The summed E-state index contributed by atoms with van der Waals surface area (Å²) in [7, 11) is 0. The van der Waals surface area contributed by atoms with Crippen molar-refractivity contribution in [2.75, 3.05) is 5.32 Å². The molecule has 29 heavy (non-hydrogen) atoms. The van der Waals surface area contributed by atoms with Crippen LogP contribution in [0, 0.1) is 5.92 Å². The van der Waals surface area contributed by atoms with Crippen molar-refractivity contribution in [2.45, 2.75) is 18.1 Å². The first-order chi connectivity index (χ1) is 14.2. The molecule has 1 saturated heterocycles. The van der Waals surface area contributed by atoms with Crippen LogP contribution in [0.5, 0.6) is 5.75 Å². The van der Waals surface area contributed by atoms with Gasteiger partial charge in [0.15, 0.2) is 0 Å². The van der Waals surface area contributed by atoms with Gasteiger partial charge in [-0.3, -0.25) is 9.59 Å². The van der Waals surface area contributed by atoms with E-state index < -0.39 is 11.6 Å². The molecule has 2 N–H and O–H groups in total. The first-order valence-electron chi connectivity index (χ1n) is 9.68. The molecule has 1 fully saturated rings. The lowest BCUT2D eigenvalue weighted by atomic mass is 9.72. The molecule has 3 atom stereocenters. The maximum Gasteiger partial charge on any atom is 0.237 e. The van der Waals surface area contributed by atoms with Gasteiger partial charge in [0.1, 0.15) is 11.7 Å². The molecule has 0 spiro atoms. The highest BCUT2D eigenvalue weighted by Crippen LogP contribution is 2.50. The lowest BCUT2D eigenvalue weighted by Crippen LogP contribution is -2.62. The maximum absolute atomic E-state index is 13.2. The van der Waals surface area contributed by atoms with Gasteiger partial charge in [0.2, 0.25) is 17.5 Å². The van der Waals surface area contributed by atoms with Crippen molar-refractivity contribution in [1.82, 2.24) is 5.32 Å². The molecule has 2 aliphatic rings. The molecule has 0 aliphatic carbocycles. The molecule has 0 aromatic heterocycles. The molecule has 5 nitrogen and oxygen atoms in total. The minimum absolute atomic E-state index is 0.280. The van der Waals surface area contributed by atoms with Crippen LogP contribution in [-0.2, 0) is 15.3 Å². The number of piperidine rings is 1. The molecular formula is C24H20N2O3. The lowest BCUT2D eigenvalue weighted by Gasteiger charge is -2.48. The molecule has 2 heterocycles. The van der Waals surface area contributed by atoms with E-state index in [-0.39, 0.29) is 17.7 Å². The molecule has 5 rings (SSSR count). The van der Waals surface area contributed by atoms with E-state index in [4.69, 9.17) is 4.74 Å². The maximum atomic E-state index is 13.2. The monoisotopic (exact) mass is 384 g/mol. The molecule has 0 radical (unpaired) electrons. The van der Waals surface area contributed by atoms with E-state index in [9.17, 15) is 9.59 Å². The number of fused-ring (bicyclic) bond motifs is 4. The summed E-state index contributed by atoms with van der Waals surface area (Å²) in [5, 5.41) is 5.90. The third-order valence-electron chi connectivity index (χ3n) is 5.68. The largest absolute Gasteiger partial charge is 0.464 e. The van der Waals surface area contributed by atoms with Gasteiger partial charge in [-0.1, -0.05) is 66.7 Å². The minimum Gasteiger partial charge on any atom is -0.464 e. The number of hydrogen-bond acceptors (Lipinski definition) is 3. The highest BCUT2D eigenvalue weighted by molar-refractivity contribution is 6.08. The summed E-state index contributed by atoms with van der Waals surface area (Å²) in [6.45, 7) is 0. The second-order valence-electron chi connectivity index (χ2n) is 7.47. The molecule has 3 aromatic carbocycles. The number of amides is 2. The molecule has 2 bridgehead atoms. The van der Waals surface area contributed by atoms with E-state index in [0.29, 0.717) is 17.9 Å². The normalized spacial score (nSPS) is 24.6. The van der Waals surface area contributed by atoms with E-state index >= 15 is 0 Å². The molecule has 3 aromatic rings. The van der Waals surface area contributed by atoms with Crippen molar-refractivity contribution in [3.63, 3.8) is 0 Å². The molecule has 2 amide bonds. The third-order valence-corrected chi connectivity index (χ3v) is 5.68. The van der Waals surface area contributed by atoms with Crippen LogP contribution in [0.1, 0.15) is 23.5 Å². The molecular weight excluding hydrogens is 364 g/mol. The van der Waals surface area contributed by atoms with Gasteiger partial charge in [0.25, 0.3) is 0 Å². The summed E-state index contributed by atoms with van der Waals surface area (Å²) < 4.78 is 6.33. The van der Waals surface area contributed by atoms with Crippen molar-refractivity contribution in [1.29, 1.82) is 0 Å². The Kier molecular flexibility index (Phi) is 4.09. The van der Waals surface area contributed by atoms with E-state index in [1.165, 1.54) is 0 Å². The summed E-state index contributed by atoms with van der Waals surface area (Å²) in [5.74, 6) is -1.05. The smallest absolute Gasteiger partial charge is 0.237 e. The Bertz CT molecular complexity index is 1070. The SMILES string of the molecule is O=C(Nc1ccccc1)C1C(=O)N[C@@]2(c3ccccc3)C[C@H]1c1ccccc1O2. The van der Waals surface area contributed by atoms with Gasteiger partial charge in [0.05, 0.1) is 0 Å². The number of carbonyl (C=O) groups excluding carboxylic acids is 2. The summed E-state index contributed by atoms with van der Waals surface area (Å²) in [6, 6.07) is 26.5. The fourth-order valence-corrected chi connectivity index (χ4v) is 4.36. The molecule has 0 saturated carbocycles. The fourth-order valence-electron chi connectivity index (χ4n) is 4.36. The predicted octanol–water partition coefficient (Wildman–Crippen LogP) is 3.79. The summed E-state index contributed by atoms with van der Waals surface area (Å²) >= 11 is 0. The number of hydrogen-bond donors (Lipinski definition) is 2. The van der Waals surface area contributed by atoms with Gasteiger partial charge in [-0.15, -0.1) is 0 Å². The quantitative estimate of drug-likeness (QED) is 0.675. The van der Waals surface area contributed by atoms with Gasteiger partial charge in [-0.05, 0) is 23.8 Å². The zero-order valence-corrected chi connectivity index (χ0v) is 15.7. The lowest BCUT2D eigenvalue weighted by molar-refractivity contribution is -0.147. The second-order valence-corrected chi connectivity index (χ2v) is 7.47. The minimum atomic E-state index is -0.971. The van der Waals surface area contributed by atoms with Crippen LogP contribution < -0.4 is 15.4 Å². The van der Waals surface area contributed by atoms with Crippen LogP contribution in [0.25, 0.3) is 0 Å². The fraction of sp³-hybridized carbons (Fsp3) is 0.167. The van der Waals surface area contributed by atoms with Crippen molar-refractivity contribution >= 4 is 17.5 Å². The topological polar surface area (TPSA) is 67.4 Å². The van der Waals surface area contributed by atoms with E-state index in [0.717, 1.165) is 11.1 Å². The van der Waals surface area contributed by atoms with Crippen LogP contribution in [0.15, 0.2) is 84.9 Å². The van der Waals surface area contributed by atoms with Gasteiger partial charge in [-0.2, -0.15) is 0 Å². The predicted molar refractivity (Wildman–Crippen MR) is 109 cm³/mol. The number of rotatable bonds is 3. The zero-order chi connectivity index (χ0) is 19.8. The Hall–Kier alpha value is -3.60. The Labute approximate surface area is 168 Å². The summed E-state index contributed by atoms with van der Waals surface area (Å²) in [4.78, 5) is 26.3. The van der Waals surface area contributed by atoms with E-state index in [1.54, 1.807) is 0 Å². The van der Waals surface area contributed by atoms with Gasteiger partial charge in [-0.25, -0.2) is 0 Å². The van der Waals surface area contributed by atoms with Crippen LogP contribution >= 0.6 is 0 Å². The first kappa shape index (κ1) is 17.5. The van der Waals surface area contributed by atoms with Gasteiger partial charge in [0, 0.05) is 23.6 Å². The average molecular weight is 384 g/mol. The number of ether oxygens (including phenoxy) is 1. The zero-order valence-electron chi connectivity index (χ0n) is 15.7. The summed E-state index contributed by atoms with van der Waals surface area (Å²) in [5.41, 5.74) is 1.46. The Balaban J connectivity index is 1.56. The molecule has 2 aliphatic heterocycles. The number of carbonyl (C=O) groups is 2. The Morgan fingerprint density at radius 3 is 2.34 bits per heavy atom. The van der Waals surface area contributed by atoms with Crippen molar-refractivity contribution in [2.24, 2.45) is 5.92 Å². The number of benzene rings is 3. The van der Waals surface area contributed by atoms with Crippen LogP contribution in [-0.4, -0.2) is 11.8 Å². The standard InChI is InChI=1S/C24H20N2O3/c27-22(25-17-11-5-2-6-12-17)21-19-15-24(26-23(21)28,16-9-3-1-4-10-16)29-20-14-8-7-13-18(19)20/h1-14,19,21H,15H2,(H,25,27)(H,26,28)/t19-,21?,24-/m0/s1. The van der Waals surface area contributed by atoms with E-state index in [1.807, 2.05) is 84.9 Å². The summed E-state index contributed by atoms with van der Waals surface area (Å²) in [6.07, 6.45) is 0.493. The Morgan fingerprint density at radius 2 is 1.59 bits per heavy atom.